The zero-order valence-electron chi connectivity index (χ0n) is 10.5. The Balaban J connectivity index is 1.68. The van der Waals surface area contributed by atoms with Gasteiger partial charge in [0.05, 0.1) is 23.9 Å². The monoisotopic (exact) mass is 271 g/mol. The Morgan fingerprint density at radius 1 is 1.26 bits per heavy atom. The number of hydrogen-bond acceptors (Lipinski definition) is 5. The molecule has 0 radical (unpaired) electrons. The summed E-state index contributed by atoms with van der Waals surface area (Å²) in [6, 6.07) is 8.10. The van der Waals surface area contributed by atoms with Gasteiger partial charge >= 0.3 is 0 Å². The number of aryl methyl sites for hydroxylation is 1. The van der Waals surface area contributed by atoms with Crippen molar-refractivity contribution in [2.24, 2.45) is 0 Å². The molecule has 3 rings (SSSR count). The number of nitrogens with one attached hydrogen (secondary N) is 1. The van der Waals surface area contributed by atoms with Crippen molar-refractivity contribution in [3.8, 4) is 11.3 Å². The number of rotatable bonds is 4. The van der Waals surface area contributed by atoms with E-state index in [-0.39, 0.29) is 0 Å². The number of benzene rings is 1. The minimum Gasteiger partial charge on any atom is -0.444 e. The summed E-state index contributed by atoms with van der Waals surface area (Å²) in [7, 11) is 0. The van der Waals surface area contributed by atoms with Crippen LogP contribution in [0.4, 0.5) is 5.69 Å². The fourth-order valence-electron chi connectivity index (χ4n) is 1.79. The molecule has 0 bridgehead atoms. The fourth-order valence-corrected chi connectivity index (χ4v) is 2.51. The summed E-state index contributed by atoms with van der Waals surface area (Å²) in [4.78, 5) is 9.41. The lowest BCUT2D eigenvalue weighted by molar-refractivity contribution is 0.572. The van der Waals surface area contributed by atoms with Crippen LogP contribution < -0.4 is 5.32 Å². The number of anilines is 1. The molecule has 1 N–H and O–H groups in total. The van der Waals surface area contributed by atoms with E-state index in [1.54, 1.807) is 17.5 Å². The maximum atomic E-state index is 5.26. The van der Waals surface area contributed by atoms with Crippen molar-refractivity contribution in [1.82, 2.24) is 9.97 Å². The lowest BCUT2D eigenvalue weighted by atomic mass is 10.1. The third kappa shape index (κ3) is 2.66. The van der Waals surface area contributed by atoms with E-state index in [0.29, 0.717) is 0 Å². The smallest absolute Gasteiger partial charge is 0.181 e. The van der Waals surface area contributed by atoms with Crippen LogP contribution in [0.5, 0.6) is 0 Å². The molecule has 0 aliphatic carbocycles. The highest BCUT2D eigenvalue weighted by Crippen LogP contribution is 2.21. The minimum absolute atomic E-state index is 0.782. The van der Waals surface area contributed by atoms with Gasteiger partial charge in [-0.15, -0.1) is 11.3 Å². The van der Waals surface area contributed by atoms with Gasteiger partial charge in [0.15, 0.2) is 12.2 Å². The molecule has 3 aromatic rings. The van der Waals surface area contributed by atoms with Crippen molar-refractivity contribution < 1.29 is 4.42 Å². The standard InChI is InChI=1S/C14H13N3OS/c1-10-14(19-9-17-10)7-16-12-4-2-11(3-5-12)13-6-15-8-18-13/h2-6,8-9,16H,7H2,1H3. The average Bonchev–Trinajstić information content (AvgIpc) is 3.09. The van der Waals surface area contributed by atoms with Crippen LogP contribution in [-0.4, -0.2) is 9.97 Å². The summed E-state index contributed by atoms with van der Waals surface area (Å²) in [5.41, 5.74) is 5.07. The largest absolute Gasteiger partial charge is 0.444 e. The minimum atomic E-state index is 0.782. The van der Waals surface area contributed by atoms with E-state index in [4.69, 9.17) is 4.42 Å². The first-order chi connectivity index (χ1) is 9.33. The highest BCUT2D eigenvalue weighted by atomic mass is 32.1. The van der Waals surface area contributed by atoms with E-state index in [2.05, 4.69) is 15.3 Å². The molecule has 2 heterocycles. The first-order valence-corrected chi connectivity index (χ1v) is 6.82. The number of hydrogen-bond donors (Lipinski definition) is 1. The predicted octanol–water partition coefficient (Wildman–Crippen LogP) is 3.72. The van der Waals surface area contributed by atoms with E-state index in [0.717, 1.165) is 29.2 Å². The molecule has 1 aromatic carbocycles. The Morgan fingerprint density at radius 2 is 2.11 bits per heavy atom. The van der Waals surface area contributed by atoms with Crippen LogP contribution in [0.2, 0.25) is 0 Å². The average molecular weight is 271 g/mol. The van der Waals surface area contributed by atoms with E-state index >= 15 is 0 Å². The van der Waals surface area contributed by atoms with E-state index in [9.17, 15) is 0 Å². The van der Waals surface area contributed by atoms with Crippen molar-refractivity contribution in [3.63, 3.8) is 0 Å². The molecule has 0 amide bonds. The Labute approximate surface area is 115 Å². The lowest BCUT2D eigenvalue weighted by Crippen LogP contribution is -1.98. The Bertz CT molecular complexity index is 644. The van der Waals surface area contributed by atoms with Gasteiger partial charge in [0.2, 0.25) is 0 Å². The molecule has 0 fully saturated rings. The molecule has 5 heteroatoms. The second kappa shape index (κ2) is 5.24. The first-order valence-electron chi connectivity index (χ1n) is 5.95. The van der Waals surface area contributed by atoms with Gasteiger partial charge < -0.3 is 9.73 Å². The second-order valence-electron chi connectivity index (χ2n) is 4.16. The van der Waals surface area contributed by atoms with E-state index in [1.165, 1.54) is 11.3 Å². The van der Waals surface area contributed by atoms with Crippen molar-refractivity contribution in [2.75, 3.05) is 5.32 Å². The first kappa shape index (κ1) is 11.9. The number of aromatic nitrogens is 2. The maximum Gasteiger partial charge on any atom is 0.181 e. The SMILES string of the molecule is Cc1ncsc1CNc1ccc(-c2cnco2)cc1. The molecule has 96 valence electrons. The Kier molecular flexibility index (Phi) is 3.29. The van der Waals surface area contributed by atoms with Crippen molar-refractivity contribution >= 4 is 17.0 Å². The fraction of sp³-hybridized carbons (Fsp3) is 0.143. The van der Waals surface area contributed by atoms with Crippen LogP contribution in [-0.2, 0) is 6.54 Å². The van der Waals surface area contributed by atoms with Crippen molar-refractivity contribution in [2.45, 2.75) is 13.5 Å². The van der Waals surface area contributed by atoms with Crippen LogP contribution in [0.1, 0.15) is 10.6 Å². The second-order valence-corrected chi connectivity index (χ2v) is 5.10. The number of thiazole rings is 1. The molecule has 0 saturated carbocycles. The highest BCUT2D eigenvalue weighted by Gasteiger charge is 2.03. The summed E-state index contributed by atoms with van der Waals surface area (Å²) in [5.74, 6) is 0.782. The van der Waals surface area contributed by atoms with Crippen LogP contribution in [0.25, 0.3) is 11.3 Å². The summed E-state index contributed by atoms with van der Waals surface area (Å²) in [6.45, 7) is 2.83. The third-order valence-corrected chi connectivity index (χ3v) is 3.83. The van der Waals surface area contributed by atoms with Crippen LogP contribution in [0.15, 0.2) is 46.8 Å². The van der Waals surface area contributed by atoms with Gasteiger partial charge in [-0.3, -0.25) is 0 Å². The molecule has 4 nitrogen and oxygen atoms in total. The van der Waals surface area contributed by atoms with E-state index in [1.807, 2.05) is 36.7 Å². The van der Waals surface area contributed by atoms with Gasteiger partial charge in [-0.05, 0) is 31.2 Å². The predicted molar refractivity (Wildman–Crippen MR) is 76.1 cm³/mol. The van der Waals surface area contributed by atoms with Gasteiger partial charge in [0.25, 0.3) is 0 Å². The lowest BCUT2D eigenvalue weighted by Gasteiger charge is -2.06. The molecule has 0 saturated heterocycles. The summed E-state index contributed by atoms with van der Waals surface area (Å²) in [5, 5.41) is 3.38. The molecule has 0 aliphatic heterocycles. The van der Waals surface area contributed by atoms with Gasteiger partial charge in [0.1, 0.15) is 0 Å². The molecular formula is C14H13N3OS. The molecule has 0 aliphatic rings. The van der Waals surface area contributed by atoms with Crippen LogP contribution >= 0.6 is 11.3 Å². The van der Waals surface area contributed by atoms with Gasteiger partial charge in [-0.25, -0.2) is 9.97 Å². The zero-order chi connectivity index (χ0) is 13.1. The number of oxazole rings is 1. The Hall–Kier alpha value is -2.14. The van der Waals surface area contributed by atoms with E-state index < -0.39 is 0 Å². The molecule has 2 aromatic heterocycles. The number of nitrogens with zero attached hydrogens (tertiary/aromatic N) is 2. The zero-order valence-corrected chi connectivity index (χ0v) is 11.3. The normalized spacial score (nSPS) is 10.6. The van der Waals surface area contributed by atoms with Crippen LogP contribution in [0.3, 0.4) is 0 Å². The molecular weight excluding hydrogens is 258 g/mol. The highest BCUT2D eigenvalue weighted by molar-refractivity contribution is 7.09. The summed E-state index contributed by atoms with van der Waals surface area (Å²) < 4.78 is 5.26. The molecule has 0 spiro atoms. The third-order valence-electron chi connectivity index (χ3n) is 2.90. The van der Waals surface area contributed by atoms with Gasteiger partial charge in [-0.2, -0.15) is 0 Å². The molecule has 19 heavy (non-hydrogen) atoms. The van der Waals surface area contributed by atoms with Crippen molar-refractivity contribution in [1.29, 1.82) is 0 Å². The maximum absolute atomic E-state index is 5.26. The topological polar surface area (TPSA) is 51.0 Å². The Morgan fingerprint density at radius 3 is 2.74 bits per heavy atom. The van der Waals surface area contributed by atoms with Crippen molar-refractivity contribution in [3.05, 3.63) is 52.9 Å². The van der Waals surface area contributed by atoms with Gasteiger partial charge in [-0.1, -0.05) is 0 Å². The van der Waals surface area contributed by atoms with Gasteiger partial charge in [0, 0.05) is 16.1 Å². The quantitative estimate of drug-likeness (QED) is 0.785. The molecule has 0 atom stereocenters. The summed E-state index contributed by atoms with van der Waals surface area (Å²) in [6.07, 6.45) is 3.15. The van der Waals surface area contributed by atoms with Crippen LogP contribution in [0, 0.1) is 6.92 Å². The molecule has 0 unspecified atom stereocenters. The summed E-state index contributed by atoms with van der Waals surface area (Å²) >= 11 is 1.67.